The quantitative estimate of drug-likeness (QED) is 0.574. The van der Waals surface area contributed by atoms with Crippen molar-refractivity contribution >= 4 is 12.1 Å². The van der Waals surface area contributed by atoms with Gasteiger partial charge in [-0.1, -0.05) is 0 Å². The Morgan fingerprint density at radius 1 is 1.30 bits per heavy atom. The first-order valence-corrected chi connectivity index (χ1v) is 10.0. The summed E-state index contributed by atoms with van der Waals surface area (Å²) in [6, 6.07) is 0. The maximum atomic E-state index is 12.2. The van der Waals surface area contributed by atoms with E-state index < -0.39 is 5.60 Å². The molecule has 8 heteroatoms. The van der Waals surface area contributed by atoms with Gasteiger partial charge >= 0.3 is 6.09 Å². The minimum absolute atomic E-state index is 0.0914. The van der Waals surface area contributed by atoms with E-state index in [1.807, 2.05) is 27.7 Å². The number of amides is 1. The van der Waals surface area contributed by atoms with Crippen LogP contribution in [-0.4, -0.2) is 92.6 Å². The van der Waals surface area contributed by atoms with E-state index in [9.17, 15) is 4.79 Å². The van der Waals surface area contributed by atoms with Gasteiger partial charge in [0.25, 0.3) is 0 Å². The van der Waals surface area contributed by atoms with Gasteiger partial charge in [-0.15, -0.1) is 0 Å². The number of carbonyl (C=O) groups is 1. The highest BCUT2D eigenvalue weighted by Gasteiger charge is 2.32. The van der Waals surface area contributed by atoms with Gasteiger partial charge in [-0.2, -0.15) is 0 Å². The summed E-state index contributed by atoms with van der Waals surface area (Å²) >= 11 is 0. The number of likely N-dealkylation sites (N-methyl/N-ethyl adjacent to an activating group) is 1. The van der Waals surface area contributed by atoms with Gasteiger partial charge in [-0.05, 0) is 40.5 Å². The molecule has 0 aromatic carbocycles. The Bertz CT molecular complexity index is 500. The van der Waals surface area contributed by atoms with E-state index in [0.29, 0.717) is 26.2 Å². The van der Waals surface area contributed by atoms with Crippen LogP contribution in [0, 0.1) is 0 Å². The standard InChI is InChI=1S/C19H36N4O4/c1-6-22(18(24)27-19(2,3)4)10-9-21-17(20-5)23-11-13-26-16(14-23)15-8-7-12-25-15/h15-16H,6-14H2,1-5H3,(H,20,21). The number of carbonyl (C=O) groups excluding carboxylic acids is 1. The van der Waals surface area contributed by atoms with Gasteiger partial charge in [-0.25, -0.2) is 4.79 Å². The summed E-state index contributed by atoms with van der Waals surface area (Å²) in [6.45, 7) is 12.4. The van der Waals surface area contributed by atoms with Gasteiger partial charge in [0, 0.05) is 46.4 Å². The SMILES string of the molecule is CCN(CCNC(=NC)N1CCOC(C2CCCO2)C1)C(=O)OC(C)(C)C. The lowest BCUT2D eigenvalue weighted by Crippen LogP contribution is -2.54. The summed E-state index contributed by atoms with van der Waals surface area (Å²) in [6.07, 6.45) is 2.16. The van der Waals surface area contributed by atoms with E-state index in [-0.39, 0.29) is 18.3 Å². The molecule has 8 nitrogen and oxygen atoms in total. The first kappa shape index (κ1) is 21.8. The lowest BCUT2D eigenvalue weighted by Gasteiger charge is -2.37. The van der Waals surface area contributed by atoms with Crippen molar-refractivity contribution in [2.75, 3.05) is 53.0 Å². The molecule has 0 aromatic rings. The van der Waals surface area contributed by atoms with Crippen molar-refractivity contribution in [1.29, 1.82) is 0 Å². The van der Waals surface area contributed by atoms with Crippen molar-refractivity contribution in [1.82, 2.24) is 15.1 Å². The average Bonchev–Trinajstić information content (AvgIpc) is 3.15. The van der Waals surface area contributed by atoms with Crippen LogP contribution in [0.4, 0.5) is 4.79 Å². The minimum Gasteiger partial charge on any atom is -0.444 e. The van der Waals surface area contributed by atoms with Gasteiger partial charge < -0.3 is 29.3 Å². The second-order valence-electron chi connectivity index (χ2n) is 7.94. The molecule has 1 amide bonds. The monoisotopic (exact) mass is 384 g/mol. The van der Waals surface area contributed by atoms with E-state index >= 15 is 0 Å². The lowest BCUT2D eigenvalue weighted by molar-refractivity contribution is -0.0817. The molecular weight excluding hydrogens is 348 g/mol. The molecule has 2 saturated heterocycles. The molecule has 2 atom stereocenters. The molecule has 0 radical (unpaired) electrons. The number of nitrogens with zero attached hydrogens (tertiary/aromatic N) is 3. The van der Waals surface area contributed by atoms with E-state index in [1.165, 1.54) is 0 Å². The zero-order chi connectivity index (χ0) is 19.9. The Labute approximate surface area is 163 Å². The predicted molar refractivity (Wildman–Crippen MR) is 105 cm³/mol. The Morgan fingerprint density at radius 3 is 2.63 bits per heavy atom. The summed E-state index contributed by atoms with van der Waals surface area (Å²) in [7, 11) is 1.78. The van der Waals surface area contributed by atoms with Crippen LogP contribution in [-0.2, 0) is 14.2 Å². The summed E-state index contributed by atoms with van der Waals surface area (Å²) in [5.41, 5.74) is -0.487. The topological polar surface area (TPSA) is 75.6 Å². The maximum Gasteiger partial charge on any atom is 0.410 e. The number of ether oxygens (including phenoxy) is 3. The lowest BCUT2D eigenvalue weighted by atomic mass is 10.1. The van der Waals surface area contributed by atoms with Crippen LogP contribution in [0.15, 0.2) is 4.99 Å². The molecular formula is C19H36N4O4. The Kier molecular flexibility index (Phi) is 8.16. The van der Waals surface area contributed by atoms with Crippen LogP contribution >= 0.6 is 0 Å². The fourth-order valence-electron chi connectivity index (χ4n) is 3.33. The molecule has 0 saturated carbocycles. The van der Waals surface area contributed by atoms with Gasteiger partial charge in [0.05, 0.1) is 12.7 Å². The molecule has 2 aliphatic rings. The largest absolute Gasteiger partial charge is 0.444 e. The third-order valence-corrected chi connectivity index (χ3v) is 4.68. The van der Waals surface area contributed by atoms with Gasteiger partial charge in [0.1, 0.15) is 11.7 Å². The van der Waals surface area contributed by atoms with Crippen LogP contribution < -0.4 is 5.32 Å². The zero-order valence-electron chi connectivity index (χ0n) is 17.5. The molecule has 2 fully saturated rings. The number of guanidine groups is 1. The molecule has 27 heavy (non-hydrogen) atoms. The predicted octanol–water partition coefficient (Wildman–Crippen LogP) is 1.70. The molecule has 1 N–H and O–H groups in total. The number of rotatable bonds is 5. The normalized spacial score (nSPS) is 24.0. The highest BCUT2D eigenvalue weighted by Crippen LogP contribution is 2.21. The Hall–Kier alpha value is -1.54. The van der Waals surface area contributed by atoms with Crippen LogP contribution in [0.1, 0.15) is 40.5 Å². The molecule has 156 valence electrons. The van der Waals surface area contributed by atoms with Gasteiger partial charge in [0.15, 0.2) is 5.96 Å². The number of morpholine rings is 1. The van der Waals surface area contributed by atoms with Crippen molar-refractivity contribution in [3.63, 3.8) is 0 Å². The molecule has 0 spiro atoms. The van der Waals surface area contributed by atoms with Crippen LogP contribution in [0.2, 0.25) is 0 Å². The zero-order valence-corrected chi connectivity index (χ0v) is 17.5. The molecule has 2 unspecified atom stereocenters. The van der Waals surface area contributed by atoms with Crippen molar-refractivity contribution in [3.8, 4) is 0 Å². The molecule has 0 bridgehead atoms. The smallest absolute Gasteiger partial charge is 0.410 e. The molecule has 2 aliphatic heterocycles. The molecule has 0 aliphatic carbocycles. The van der Waals surface area contributed by atoms with E-state index in [4.69, 9.17) is 14.2 Å². The number of hydrogen-bond acceptors (Lipinski definition) is 5. The van der Waals surface area contributed by atoms with E-state index in [0.717, 1.165) is 38.5 Å². The van der Waals surface area contributed by atoms with Crippen molar-refractivity contribution in [2.45, 2.75) is 58.3 Å². The van der Waals surface area contributed by atoms with Crippen molar-refractivity contribution < 1.29 is 19.0 Å². The minimum atomic E-state index is -0.487. The van der Waals surface area contributed by atoms with Gasteiger partial charge in [0.2, 0.25) is 0 Å². The molecule has 0 aromatic heterocycles. The first-order chi connectivity index (χ1) is 12.8. The summed E-state index contributed by atoms with van der Waals surface area (Å²) in [5, 5.41) is 3.36. The van der Waals surface area contributed by atoms with Crippen LogP contribution in [0.3, 0.4) is 0 Å². The van der Waals surface area contributed by atoms with Crippen LogP contribution in [0.5, 0.6) is 0 Å². The maximum absolute atomic E-state index is 12.2. The Balaban J connectivity index is 1.81. The average molecular weight is 385 g/mol. The van der Waals surface area contributed by atoms with Gasteiger partial charge in [-0.3, -0.25) is 4.99 Å². The highest BCUT2D eigenvalue weighted by atomic mass is 16.6. The van der Waals surface area contributed by atoms with E-state index in [1.54, 1.807) is 11.9 Å². The second kappa shape index (κ2) is 10.1. The Morgan fingerprint density at radius 2 is 2.04 bits per heavy atom. The summed E-state index contributed by atoms with van der Waals surface area (Å²) in [4.78, 5) is 20.5. The first-order valence-electron chi connectivity index (χ1n) is 10.0. The third-order valence-electron chi connectivity index (χ3n) is 4.68. The molecule has 2 rings (SSSR count). The van der Waals surface area contributed by atoms with E-state index in [2.05, 4.69) is 15.2 Å². The fraction of sp³-hybridized carbons (Fsp3) is 0.895. The summed E-state index contributed by atoms with van der Waals surface area (Å²) in [5.74, 6) is 0.835. The van der Waals surface area contributed by atoms with Crippen LogP contribution in [0.25, 0.3) is 0 Å². The number of hydrogen-bond donors (Lipinski definition) is 1. The number of aliphatic imine (C=N–C) groups is 1. The van der Waals surface area contributed by atoms with Crippen molar-refractivity contribution in [3.05, 3.63) is 0 Å². The highest BCUT2D eigenvalue weighted by molar-refractivity contribution is 5.80. The number of nitrogens with one attached hydrogen (secondary N) is 1. The molecule has 2 heterocycles. The van der Waals surface area contributed by atoms with Crippen molar-refractivity contribution in [2.24, 2.45) is 4.99 Å². The second-order valence-corrected chi connectivity index (χ2v) is 7.94. The fourth-order valence-corrected chi connectivity index (χ4v) is 3.33. The third kappa shape index (κ3) is 6.84. The summed E-state index contributed by atoms with van der Waals surface area (Å²) < 4.78 is 17.1.